The smallest absolute Gasteiger partial charge is 0.161 e. The van der Waals surface area contributed by atoms with Crippen LogP contribution in [0.3, 0.4) is 0 Å². The molecule has 134 valence electrons. The Morgan fingerprint density at radius 2 is 1.04 bits per heavy atom. The summed E-state index contributed by atoms with van der Waals surface area (Å²) in [6.45, 7) is 8.50. The predicted molar refractivity (Wildman–Crippen MR) is 97.3 cm³/mol. The van der Waals surface area contributed by atoms with E-state index in [1.807, 2.05) is 38.0 Å². The fourth-order valence-electron chi connectivity index (χ4n) is 4.34. The van der Waals surface area contributed by atoms with Crippen LogP contribution in [0.5, 0.6) is 0 Å². The van der Waals surface area contributed by atoms with Crippen molar-refractivity contribution >= 4 is 11.6 Å². The summed E-state index contributed by atoms with van der Waals surface area (Å²) in [6.07, 6.45) is 5.15. The summed E-state index contributed by atoms with van der Waals surface area (Å²) in [5.41, 5.74) is 1.64. The van der Waals surface area contributed by atoms with Gasteiger partial charge in [-0.3, -0.25) is 9.59 Å². The highest BCUT2D eigenvalue weighted by atomic mass is 16.1. The van der Waals surface area contributed by atoms with E-state index in [4.69, 9.17) is 0 Å². The molecule has 0 spiro atoms. The molecular formula is C20H32N2O2. The average molecular weight is 332 g/mol. The van der Waals surface area contributed by atoms with Crippen LogP contribution in [0.25, 0.3) is 0 Å². The highest BCUT2D eigenvalue weighted by Crippen LogP contribution is 2.51. The van der Waals surface area contributed by atoms with Crippen molar-refractivity contribution in [1.82, 2.24) is 9.80 Å². The Bertz CT molecular complexity index is 555. The number of allylic oxidation sites excluding steroid dienone is 4. The van der Waals surface area contributed by atoms with Crippen molar-refractivity contribution in [1.29, 1.82) is 0 Å². The molecule has 0 radical (unpaired) electrons. The van der Waals surface area contributed by atoms with Crippen molar-refractivity contribution in [2.24, 2.45) is 22.7 Å². The third-order valence-electron chi connectivity index (χ3n) is 5.67. The number of nitrogens with zero attached hydrogens (tertiary/aromatic N) is 2. The molecule has 0 N–H and O–H groups in total. The second-order valence-electron chi connectivity index (χ2n) is 9.15. The van der Waals surface area contributed by atoms with Gasteiger partial charge in [-0.05, 0) is 23.7 Å². The predicted octanol–water partition coefficient (Wildman–Crippen LogP) is 3.11. The zero-order chi connectivity index (χ0) is 18.4. The van der Waals surface area contributed by atoms with E-state index in [2.05, 4.69) is 27.7 Å². The molecule has 2 rings (SSSR count). The zero-order valence-corrected chi connectivity index (χ0v) is 16.4. The minimum absolute atomic E-state index is 0.100. The van der Waals surface area contributed by atoms with Crippen LogP contribution in [0.15, 0.2) is 23.5 Å². The number of rotatable bonds is 3. The molecule has 0 saturated carbocycles. The highest BCUT2D eigenvalue weighted by Gasteiger charge is 2.52. The number of ketones is 2. The van der Waals surface area contributed by atoms with Crippen LogP contribution in [0, 0.1) is 22.7 Å². The van der Waals surface area contributed by atoms with Gasteiger partial charge in [0.05, 0.1) is 0 Å². The van der Waals surface area contributed by atoms with E-state index in [0.717, 1.165) is 24.2 Å². The summed E-state index contributed by atoms with van der Waals surface area (Å²) >= 11 is 0. The molecule has 0 saturated heterocycles. The highest BCUT2D eigenvalue weighted by molar-refractivity contribution is 6.02. The second kappa shape index (κ2) is 6.05. The van der Waals surface area contributed by atoms with Gasteiger partial charge in [-0.15, -0.1) is 0 Å². The van der Waals surface area contributed by atoms with Gasteiger partial charge >= 0.3 is 0 Å². The molecular weight excluding hydrogens is 300 g/mol. The Morgan fingerprint density at radius 3 is 1.25 bits per heavy atom. The van der Waals surface area contributed by atoms with E-state index in [1.165, 1.54) is 0 Å². The lowest BCUT2D eigenvalue weighted by atomic mass is 9.55. The SMILES string of the molecule is CN(C)C1=CC(=O)C(C2C(=O)C=C(N(C)C)CC2(C)C)C(C)(C)C1. The number of hydrogen-bond donors (Lipinski definition) is 0. The van der Waals surface area contributed by atoms with E-state index in [1.54, 1.807) is 12.2 Å². The summed E-state index contributed by atoms with van der Waals surface area (Å²) in [4.78, 5) is 30.0. The van der Waals surface area contributed by atoms with Crippen molar-refractivity contribution in [3.8, 4) is 0 Å². The van der Waals surface area contributed by atoms with Gasteiger partial charge in [0.15, 0.2) is 11.6 Å². The molecule has 0 aromatic heterocycles. The van der Waals surface area contributed by atoms with Gasteiger partial charge in [0.1, 0.15) is 0 Å². The standard InChI is InChI=1S/C20H32N2O2/c1-19(2)11-13(21(5)6)9-15(23)17(19)18-16(24)10-14(22(7)8)12-20(18,3)4/h9-10,17-18H,11-12H2,1-8H3. The largest absolute Gasteiger partial charge is 0.381 e. The van der Waals surface area contributed by atoms with Gasteiger partial charge in [-0.25, -0.2) is 0 Å². The normalized spacial score (nSPS) is 29.0. The number of carbonyl (C=O) groups excluding carboxylic acids is 2. The molecule has 24 heavy (non-hydrogen) atoms. The fourth-order valence-corrected chi connectivity index (χ4v) is 4.34. The number of carbonyl (C=O) groups is 2. The first-order chi connectivity index (χ1) is 10.9. The van der Waals surface area contributed by atoms with Crippen molar-refractivity contribution in [2.75, 3.05) is 28.2 Å². The van der Waals surface area contributed by atoms with Crippen LogP contribution in [-0.4, -0.2) is 49.6 Å². The fraction of sp³-hybridized carbons (Fsp3) is 0.700. The first kappa shape index (κ1) is 18.8. The molecule has 0 aromatic rings. The van der Waals surface area contributed by atoms with Gasteiger partial charge in [0.25, 0.3) is 0 Å². The van der Waals surface area contributed by atoms with Gasteiger partial charge < -0.3 is 9.80 Å². The molecule has 2 atom stereocenters. The Balaban J connectivity index is 2.46. The van der Waals surface area contributed by atoms with Crippen LogP contribution in [0.1, 0.15) is 40.5 Å². The van der Waals surface area contributed by atoms with Crippen LogP contribution >= 0.6 is 0 Å². The molecule has 0 aliphatic heterocycles. The van der Waals surface area contributed by atoms with Crippen molar-refractivity contribution in [3.63, 3.8) is 0 Å². The minimum Gasteiger partial charge on any atom is -0.381 e. The molecule has 0 heterocycles. The van der Waals surface area contributed by atoms with Crippen molar-refractivity contribution in [3.05, 3.63) is 23.5 Å². The van der Waals surface area contributed by atoms with Crippen LogP contribution in [0.2, 0.25) is 0 Å². The number of hydrogen-bond acceptors (Lipinski definition) is 4. The van der Waals surface area contributed by atoms with Crippen LogP contribution in [-0.2, 0) is 9.59 Å². The Kier molecular flexibility index (Phi) is 4.73. The lowest BCUT2D eigenvalue weighted by Crippen LogP contribution is -2.50. The van der Waals surface area contributed by atoms with E-state index in [0.29, 0.717) is 0 Å². The van der Waals surface area contributed by atoms with Crippen LogP contribution in [0.4, 0.5) is 0 Å². The second-order valence-corrected chi connectivity index (χ2v) is 9.15. The van der Waals surface area contributed by atoms with E-state index < -0.39 is 0 Å². The monoisotopic (exact) mass is 332 g/mol. The first-order valence-electron chi connectivity index (χ1n) is 8.70. The molecule has 2 aliphatic carbocycles. The Morgan fingerprint density at radius 1 is 0.750 bits per heavy atom. The quantitative estimate of drug-likeness (QED) is 0.796. The van der Waals surface area contributed by atoms with E-state index in [-0.39, 0.29) is 34.2 Å². The first-order valence-corrected chi connectivity index (χ1v) is 8.70. The van der Waals surface area contributed by atoms with Crippen molar-refractivity contribution in [2.45, 2.75) is 40.5 Å². The van der Waals surface area contributed by atoms with E-state index >= 15 is 0 Å². The maximum atomic E-state index is 13.0. The molecule has 4 heteroatoms. The summed E-state index contributed by atoms with van der Waals surface area (Å²) in [5, 5.41) is 0. The van der Waals surface area contributed by atoms with Gasteiger partial charge in [0, 0.05) is 63.6 Å². The lowest BCUT2D eigenvalue weighted by molar-refractivity contribution is -0.139. The average Bonchev–Trinajstić information content (AvgIpc) is 2.39. The minimum atomic E-state index is -0.260. The van der Waals surface area contributed by atoms with Crippen LogP contribution < -0.4 is 0 Å². The molecule has 0 aromatic carbocycles. The van der Waals surface area contributed by atoms with Gasteiger partial charge in [-0.2, -0.15) is 0 Å². The third-order valence-corrected chi connectivity index (χ3v) is 5.67. The van der Waals surface area contributed by atoms with Crippen molar-refractivity contribution < 1.29 is 9.59 Å². The molecule has 4 nitrogen and oxygen atoms in total. The molecule has 0 fully saturated rings. The summed E-state index contributed by atoms with van der Waals surface area (Å²) in [6, 6.07) is 0. The summed E-state index contributed by atoms with van der Waals surface area (Å²) in [7, 11) is 7.88. The van der Waals surface area contributed by atoms with Gasteiger partial charge in [-0.1, -0.05) is 27.7 Å². The van der Waals surface area contributed by atoms with Gasteiger partial charge in [0.2, 0.25) is 0 Å². The lowest BCUT2D eigenvalue weighted by Gasteiger charge is -2.49. The third kappa shape index (κ3) is 3.28. The summed E-state index contributed by atoms with van der Waals surface area (Å²) < 4.78 is 0. The summed E-state index contributed by atoms with van der Waals surface area (Å²) in [5.74, 6) is -0.321. The maximum Gasteiger partial charge on any atom is 0.161 e. The molecule has 2 unspecified atom stereocenters. The molecule has 2 aliphatic rings. The Hall–Kier alpha value is -1.58. The topological polar surface area (TPSA) is 40.6 Å². The Labute approximate surface area is 146 Å². The van der Waals surface area contributed by atoms with E-state index in [9.17, 15) is 9.59 Å². The molecule has 0 bridgehead atoms. The molecule has 0 amide bonds. The zero-order valence-electron chi connectivity index (χ0n) is 16.4. The maximum absolute atomic E-state index is 13.0.